The molecule has 0 saturated heterocycles. The number of nitrogens with one attached hydrogen (secondary N) is 1. The number of ether oxygens (including phenoxy) is 1. The molecule has 3 aromatic rings. The van der Waals surface area contributed by atoms with Crippen molar-refractivity contribution in [3.05, 3.63) is 75.5 Å². The quantitative estimate of drug-likeness (QED) is 0.628. The molecule has 0 radical (unpaired) electrons. The van der Waals surface area contributed by atoms with Crippen molar-refractivity contribution >= 4 is 46.4 Å². The molecule has 134 valence electrons. The average Bonchev–Trinajstić information content (AvgIpc) is 3.05. The molecular weight excluding hydrogens is 397 g/mol. The van der Waals surface area contributed by atoms with Gasteiger partial charge in [0.05, 0.1) is 18.4 Å². The molecule has 0 saturated carbocycles. The Balaban J connectivity index is 1.56. The molecule has 3 rings (SSSR count). The molecule has 1 N–H and O–H groups in total. The van der Waals surface area contributed by atoms with Crippen LogP contribution in [0.1, 0.15) is 5.56 Å². The van der Waals surface area contributed by atoms with Crippen molar-refractivity contribution < 1.29 is 9.53 Å². The van der Waals surface area contributed by atoms with Crippen LogP contribution in [0, 0.1) is 0 Å². The van der Waals surface area contributed by atoms with Gasteiger partial charge in [0.1, 0.15) is 5.75 Å². The van der Waals surface area contributed by atoms with Crippen LogP contribution in [-0.4, -0.2) is 22.3 Å². The van der Waals surface area contributed by atoms with E-state index in [2.05, 4.69) is 10.4 Å². The van der Waals surface area contributed by atoms with Crippen LogP contribution in [0.15, 0.2) is 54.9 Å². The van der Waals surface area contributed by atoms with E-state index in [1.807, 2.05) is 0 Å². The Labute approximate surface area is 165 Å². The van der Waals surface area contributed by atoms with Crippen LogP contribution in [0.25, 0.3) is 0 Å². The molecule has 0 spiro atoms. The highest BCUT2D eigenvalue weighted by atomic mass is 35.5. The molecule has 1 amide bonds. The second kappa shape index (κ2) is 8.45. The molecule has 0 aliphatic heterocycles. The number of anilines is 1. The predicted molar refractivity (Wildman–Crippen MR) is 103 cm³/mol. The lowest BCUT2D eigenvalue weighted by Gasteiger charge is -2.07. The van der Waals surface area contributed by atoms with E-state index in [9.17, 15) is 4.79 Å². The molecule has 5 nitrogen and oxygen atoms in total. The van der Waals surface area contributed by atoms with Gasteiger partial charge < -0.3 is 10.1 Å². The molecule has 0 atom stereocenters. The summed E-state index contributed by atoms with van der Waals surface area (Å²) in [6.45, 7) is 0.277. The zero-order chi connectivity index (χ0) is 18.5. The molecule has 26 heavy (non-hydrogen) atoms. The van der Waals surface area contributed by atoms with E-state index in [1.165, 1.54) is 0 Å². The van der Waals surface area contributed by atoms with E-state index in [4.69, 9.17) is 39.5 Å². The van der Waals surface area contributed by atoms with E-state index in [0.717, 1.165) is 5.56 Å². The number of aromatic nitrogens is 2. The maximum absolute atomic E-state index is 12.0. The number of hydrogen-bond donors (Lipinski definition) is 1. The van der Waals surface area contributed by atoms with Gasteiger partial charge in [-0.25, -0.2) is 0 Å². The lowest BCUT2D eigenvalue weighted by molar-refractivity contribution is -0.118. The van der Waals surface area contributed by atoms with Crippen LogP contribution in [0.3, 0.4) is 0 Å². The minimum absolute atomic E-state index is 0.122. The van der Waals surface area contributed by atoms with Gasteiger partial charge in [0.25, 0.3) is 5.91 Å². The molecule has 0 fully saturated rings. The number of nitrogens with zero attached hydrogens (tertiary/aromatic N) is 2. The maximum Gasteiger partial charge on any atom is 0.262 e. The lowest BCUT2D eigenvalue weighted by Crippen LogP contribution is -2.19. The van der Waals surface area contributed by atoms with Gasteiger partial charge >= 0.3 is 0 Å². The largest absolute Gasteiger partial charge is 0.484 e. The zero-order valence-corrected chi connectivity index (χ0v) is 15.7. The third kappa shape index (κ3) is 4.91. The third-order valence-electron chi connectivity index (χ3n) is 3.48. The molecule has 0 bridgehead atoms. The van der Waals surface area contributed by atoms with Gasteiger partial charge in [-0.05, 0) is 36.4 Å². The van der Waals surface area contributed by atoms with Crippen LogP contribution >= 0.6 is 34.8 Å². The van der Waals surface area contributed by atoms with Crippen LogP contribution in [0.5, 0.6) is 5.75 Å². The van der Waals surface area contributed by atoms with Gasteiger partial charge in [0, 0.05) is 26.8 Å². The highest BCUT2D eigenvalue weighted by Crippen LogP contribution is 2.25. The van der Waals surface area contributed by atoms with Crippen molar-refractivity contribution in [2.75, 3.05) is 11.9 Å². The van der Waals surface area contributed by atoms with Gasteiger partial charge in [-0.15, -0.1) is 0 Å². The standard InChI is InChI=1S/C18H14Cl3N3O2/c19-12-4-6-14(7-5-12)26-11-18(25)23-13-8-22-24(9-13)10-15-16(20)2-1-3-17(15)21/h1-9H,10-11H2,(H,23,25). The number of carbonyl (C=O) groups excluding carboxylic acids is 1. The summed E-state index contributed by atoms with van der Waals surface area (Å²) < 4.78 is 7.04. The Hall–Kier alpha value is -2.21. The number of rotatable bonds is 6. The Bertz CT molecular complexity index is 890. The summed E-state index contributed by atoms with van der Waals surface area (Å²) in [6, 6.07) is 12.1. The summed E-state index contributed by atoms with van der Waals surface area (Å²) >= 11 is 18.1. The molecule has 2 aromatic carbocycles. The molecule has 8 heteroatoms. The summed E-state index contributed by atoms with van der Waals surface area (Å²) in [7, 11) is 0. The highest BCUT2D eigenvalue weighted by molar-refractivity contribution is 6.36. The molecule has 0 aliphatic carbocycles. The molecule has 1 heterocycles. The first-order chi connectivity index (χ1) is 12.5. The van der Waals surface area contributed by atoms with Crippen LogP contribution < -0.4 is 10.1 Å². The van der Waals surface area contributed by atoms with Crippen LogP contribution in [-0.2, 0) is 11.3 Å². The van der Waals surface area contributed by atoms with E-state index in [1.54, 1.807) is 59.5 Å². The van der Waals surface area contributed by atoms with Crippen molar-refractivity contribution in [3.63, 3.8) is 0 Å². The summed E-state index contributed by atoms with van der Waals surface area (Å²) in [6.07, 6.45) is 3.24. The Morgan fingerprint density at radius 1 is 1.08 bits per heavy atom. The summed E-state index contributed by atoms with van der Waals surface area (Å²) in [5.41, 5.74) is 1.32. The molecule has 1 aromatic heterocycles. The fraction of sp³-hybridized carbons (Fsp3) is 0.111. The summed E-state index contributed by atoms with van der Waals surface area (Å²) in [5.74, 6) is 0.267. The monoisotopic (exact) mass is 409 g/mol. The van der Waals surface area contributed by atoms with E-state index >= 15 is 0 Å². The van der Waals surface area contributed by atoms with Crippen molar-refractivity contribution in [2.45, 2.75) is 6.54 Å². The fourth-order valence-corrected chi connectivity index (χ4v) is 2.88. The van der Waals surface area contributed by atoms with Gasteiger partial charge in [0.15, 0.2) is 6.61 Å². The number of amides is 1. The van der Waals surface area contributed by atoms with Gasteiger partial charge in [-0.3, -0.25) is 9.48 Å². The van der Waals surface area contributed by atoms with Gasteiger partial charge in [0.2, 0.25) is 0 Å². The number of carbonyl (C=O) groups is 1. The van der Waals surface area contributed by atoms with Crippen molar-refractivity contribution in [1.29, 1.82) is 0 Å². The second-order valence-electron chi connectivity index (χ2n) is 5.42. The SMILES string of the molecule is O=C(COc1ccc(Cl)cc1)Nc1cnn(Cc2c(Cl)cccc2Cl)c1. The van der Waals surface area contributed by atoms with Crippen molar-refractivity contribution in [2.24, 2.45) is 0 Å². The maximum atomic E-state index is 12.0. The van der Waals surface area contributed by atoms with Gasteiger partial charge in [-0.1, -0.05) is 40.9 Å². The third-order valence-corrected chi connectivity index (χ3v) is 4.44. The molecule has 0 aliphatic rings. The van der Waals surface area contributed by atoms with Crippen LogP contribution in [0.4, 0.5) is 5.69 Å². The van der Waals surface area contributed by atoms with E-state index < -0.39 is 0 Å². The summed E-state index contributed by atoms with van der Waals surface area (Å²) in [5, 5.41) is 8.66. The predicted octanol–water partition coefficient (Wildman–Crippen LogP) is 4.91. The lowest BCUT2D eigenvalue weighted by atomic mass is 10.2. The van der Waals surface area contributed by atoms with Gasteiger partial charge in [-0.2, -0.15) is 5.10 Å². The van der Waals surface area contributed by atoms with Crippen LogP contribution in [0.2, 0.25) is 15.1 Å². The zero-order valence-electron chi connectivity index (χ0n) is 13.5. The number of halogens is 3. The number of hydrogen-bond acceptors (Lipinski definition) is 3. The Kier molecular flexibility index (Phi) is 6.04. The minimum Gasteiger partial charge on any atom is -0.484 e. The first kappa shape index (κ1) is 18.6. The Morgan fingerprint density at radius 2 is 1.77 bits per heavy atom. The normalized spacial score (nSPS) is 10.6. The van der Waals surface area contributed by atoms with Crippen molar-refractivity contribution in [3.8, 4) is 5.75 Å². The first-order valence-corrected chi connectivity index (χ1v) is 8.78. The fourth-order valence-electron chi connectivity index (χ4n) is 2.24. The smallest absolute Gasteiger partial charge is 0.262 e. The Morgan fingerprint density at radius 3 is 2.46 bits per heavy atom. The highest BCUT2D eigenvalue weighted by Gasteiger charge is 2.09. The average molecular weight is 411 g/mol. The first-order valence-electron chi connectivity index (χ1n) is 7.65. The van der Waals surface area contributed by atoms with E-state index in [-0.39, 0.29) is 12.5 Å². The van der Waals surface area contributed by atoms with E-state index in [0.29, 0.717) is 33.0 Å². The topological polar surface area (TPSA) is 56.1 Å². The minimum atomic E-state index is -0.296. The number of benzene rings is 2. The molecule has 0 unspecified atom stereocenters. The van der Waals surface area contributed by atoms with Crippen molar-refractivity contribution in [1.82, 2.24) is 9.78 Å². The molecular formula is C18H14Cl3N3O2. The second-order valence-corrected chi connectivity index (χ2v) is 6.67. The summed E-state index contributed by atoms with van der Waals surface area (Å²) in [4.78, 5) is 12.0.